The van der Waals surface area contributed by atoms with Gasteiger partial charge < -0.3 is 10.1 Å². The Bertz CT molecular complexity index is 493. The van der Waals surface area contributed by atoms with Crippen molar-refractivity contribution in [3.05, 3.63) is 34.6 Å². The zero-order chi connectivity index (χ0) is 16.0. The highest BCUT2D eigenvalue weighted by atomic mass is 19.2. The van der Waals surface area contributed by atoms with Crippen LogP contribution in [0.1, 0.15) is 25.3 Å². The predicted octanol–water partition coefficient (Wildman–Crippen LogP) is 2.82. The van der Waals surface area contributed by atoms with Gasteiger partial charge in [0.25, 0.3) is 0 Å². The number of hydrogen-bond donors (Lipinski definition) is 1. The third-order valence-corrected chi connectivity index (χ3v) is 2.64. The van der Waals surface area contributed by atoms with Crippen molar-refractivity contribution in [2.45, 2.75) is 26.3 Å². The van der Waals surface area contributed by atoms with Crippen LogP contribution < -0.4 is 5.32 Å². The molecular formula is C13H14F5NO2. The smallest absolute Gasteiger partial charge is 0.305 e. The van der Waals surface area contributed by atoms with Crippen molar-refractivity contribution in [2.24, 2.45) is 0 Å². The van der Waals surface area contributed by atoms with Crippen LogP contribution in [-0.4, -0.2) is 19.1 Å². The summed E-state index contributed by atoms with van der Waals surface area (Å²) >= 11 is 0. The van der Waals surface area contributed by atoms with E-state index in [-0.39, 0.29) is 19.6 Å². The molecule has 1 rings (SSSR count). The van der Waals surface area contributed by atoms with Gasteiger partial charge >= 0.3 is 5.97 Å². The van der Waals surface area contributed by atoms with Gasteiger partial charge in [-0.15, -0.1) is 0 Å². The van der Waals surface area contributed by atoms with Gasteiger partial charge in [0.2, 0.25) is 5.82 Å². The van der Waals surface area contributed by atoms with Gasteiger partial charge in [0.1, 0.15) is 0 Å². The van der Waals surface area contributed by atoms with Gasteiger partial charge in [-0.1, -0.05) is 0 Å². The molecule has 0 bridgehead atoms. The van der Waals surface area contributed by atoms with Crippen molar-refractivity contribution in [1.29, 1.82) is 0 Å². The van der Waals surface area contributed by atoms with Crippen LogP contribution in [0.3, 0.4) is 0 Å². The van der Waals surface area contributed by atoms with Gasteiger partial charge in [0.05, 0.1) is 6.61 Å². The summed E-state index contributed by atoms with van der Waals surface area (Å²) in [7, 11) is 0. The number of nitrogens with one attached hydrogen (secondary N) is 1. The van der Waals surface area contributed by atoms with Gasteiger partial charge in [0.15, 0.2) is 23.3 Å². The molecule has 0 fully saturated rings. The van der Waals surface area contributed by atoms with E-state index >= 15 is 0 Å². The van der Waals surface area contributed by atoms with E-state index in [0.717, 1.165) is 0 Å². The molecule has 3 nitrogen and oxygen atoms in total. The highest BCUT2D eigenvalue weighted by Gasteiger charge is 2.25. The fraction of sp³-hybridized carbons (Fsp3) is 0.462. The lowest BCUT2D eigenvalue weighted by molar-refractivity contribution is -0.143. The van der Waals surface area contributed by atoms with Gasteiger partial charge in [-0.3, -0.25) is 4.79 Å². The largest absolute Gasteiger partial charge is 0.466 e. The van der Waals surface area contributed by atoms with E-state index in [4.69, 9.17) is 0 Å². The number of rotatable bonds is 7. The Kier molecular flexibility index (Phi) is 6.54. The summed E-state index contributed by atoms with van der Waals surface area (Å²) in [6.45, 7) is 1.53. The quantitative estimate of drug-likeness (QED) is 0.277. The third-order valence-electron chi connectivity index (χ3n) is 2.64. The van der Waals surface area contributed by atoms with Crippen LogP contribution in [0.5, 0.6) is 0 Å². The SMILES string of the molecule is CCOC(=O)CCCNCc1c(F)c(F)c(F)c(F)c1F. The maximum Gasteiger partial charge on any atom is 0.305 e. The average molecular weight is 311 g/mol. The van der Waals surface area contributed by atoms with Crippen molar-refractivity contribution in [3.8, 4) is 0 Å². The number of carbonyl (C=O) groups is 1. The molecule has 8 heteroatoms. The first-order valence-corrected chi connectivity index (χ1v) is 6.26. The molecule has 0 aliphatic heterocycles. The van der Waals surface area contributed by atoms with Gasteiger partial charge in [-0.05, 0) is 19.9 Å². The lowest BCUT2D eigenvalue weighted by Gasteiger charge is -2.09. The molecule has 0 aliphatic carbocycles. The molecule has 0 heterocycles. The summed E-state index contributed by atoms with van der Waals surface area (Å²) in [6.07, 6.45) is 0.409. The fourth-order valence-electron chi connectivity index (χ4n) is 1.61. The predicted molar refractivity (Wildman–Crippen MR) is 63.8 cm³/mol. The number of benzene rings is 1. The molecule has 0 aliphatic rings. The van der Waals surface area contributed by atoms with Crippen molar-refractivity contribution in [1.82, 2.24) is 5.32 Å². The Morgan fingerprint density at radius 1 is 1.00 bits per heavy atom. The summed E-state index contributed by atoms with van der Waals surface area (Å²) in [4.78, 5) is 11.0. The molecule has 1 aromatic rings. The van der Waals surface area contributed by atoms with Crippen LogP contribution in [0.4, 0.5) is 22.0 Å². The Labute approximate surface area is 118 Å². The molecular weight excluding hydrogens is 297 g/mol. The molecule has 1 aromatic carbocycles. The summed E-state index contributed by atoms with van der Waals surface area (Å²) in [6, 6.07) is 0. The fourth-order valence-corrected chi connectivity index (χ4v) is 1.61. The van der Waals surface area contributed by atoms with Crippen molar-refractivity contribution in [2.75, 3.05) is 13.2 Å². The second-order valence-electron chi connectivity index (χ2n) is 4.13. The Hall–Kier alpha value is -1.70. The molecule has 0 saturated heterocycles. The van der Waals surface area contributed by atoms with Crippen LogP contribution in [-0.2, 0) is 16.1 Å². The lowest BCUT2D eigenvalue weighted by atomic mass is 10.1. The summed E-state index contributed by atoms with van der Waals surface area (Å²) in [5.74, 6) is -10.3. The van der Waals surface area contributed by atoms with E-state index in [1.165, 1.54) is 0 Å². The average Bonchev–Trinajstić information content (AvgIpc) is 2.46. The molecule has 0 atom stereocenters. The number of ether oxygens (including phenoxy) is 1. The van der Waals surface area contributed by atoms with Crippen LogP contribution in [0, 0.1) is 29.1 Å². The monoisotopic (exact) mass is 311 g/mol. The van der Waals surface area contributed by atoms with Gasteiger partial charge in [-0.2, -0.15) is 0 Å². The molecule has 0 amide bonds. The van der Waals surface area contributed by atoms with Crippen molar-refractivity contribution in [3.63, 3.8) is 0 Å². The van der Waals surface area contributed by atoms with Crippen molar-refractivity contribution >= 4 is 5.97 Å². The van der Waals surface area contributed by atoms with Crippen LogP contribution in [0.15, 0.2) is 0 Å². The second-order valence-corrected chi connectivity index (χ2v) is 4.13. The molecule has 0 saturated carbocycles. The van der Waals surface area contributed by atoms with E-state index in [9.17, 15) is 26.7 Å². The number of hydrogen-bond acceptors (Lipinski definition) is 3. The van der Waals surface area contributed by atoms with Crippen molar-refractivity contribution < 1.29 is 31.5 Å². The lowest BCUT2D eigenvalue weighted by Crippen LogP contribution is -2.20. The van der Waals surface area contributed by atoms with E-state index in [0.29, 0.717) is 6.42 Å². The number of carbonyl (C=O) groups excluding carboxylic acids is 1. The summed E-state index contributed by atoms with van der Waals surface area (Å²) in [5.41, 5.74) is -0.928. The molecule has 0 spiro atoms. The van der Waals surface area contributed by atoms with Crippen LogP contribution >= 0.6 is 0 Å². The van der Waals surface area contributed by atoms with Crippen LogP contribution in [0.25, 0.3) is 0 Å². The minimum absolute atomic E-state index is 0.0952. The third kappa shape index (κ3) is 4.38. The normalized spacial score (nSPS) is 10.8. The standard InChI is InChI=1S/C13H14F5NO2/c1-2-21-8(20)4-3-5-19-6-7-9(14)11(16)13(18)12(17)10(7)15/h19H,2-6H2,1H3. The molecule has 0 unspecified atom stereocenters. The topological polar surface area (TPSA) is 38.3 Å². The summed E-state index contributed by atoms with van der Waals surface area (Å²) in [5, 5.41) is 2.51. The molecule has 1 N–H and O–H groups in total. The first-order chi connectivity index (χ1) is 9.90. The Morgan fingerprint density at radius 3 is 2.05 bits per heavy atom. The zero-order valence-corrected chi connectivity index (χ0v) is 11.2. The van der Waals surface area contributed by atoms with E-state index < -0.39 is 47.2 Å². The highest BCUT2D eigenvalue weighted by Crippen LogP contribution is 2.22. The maximum atomic E-state index is 13.3. The van der Waals surface area contributed by atoms with E-state index in [2.05, 4.69) is 10.1 Å². The van der Waals surface area contributed by atoms with E-state index in [1.807, 2.05) is 0 Å². The Morgan fingerprint density at radius 2 is 1.52 bits per heavy atom. The first kappa shape index (κ1) is 17.4. The molecule has 0 aromatic heterocycles. The first-order valence-electron chi connectivity index (χ1n) is 6.26. The van der Waals surface area contributed by atoms with Gasteiger partial charge in [0, 0.05) is 18.5 Å². The maximum absolute atomic E-state index is 13.3. The zero-order valence-electron chi connectivity index (χ0n) is 11.2. The minimum atomic E-state index is -2.18. The molecule has 0 radical (unpaired) electrons. The summed E-state index contributed by atoms with van der Waals surface area (Å²) < 4.78 is 69.9. The molecule has 118 valence electrons. The Balaban J connectivity index is 2.55. The van der Waals surface area contributed by atoms with E-state index in [1.54, 1.807) is 6.92 Å². The number of halogens is 5. The molecule has 21 heavy (non-hydrogen) atoms. The number of esters is 1. The second kappa shape index (κ2) is 7.92. The minimum Gasteiger partial charge on any atom is -0.466 e. The van der Waals surface area contributed by atoms with Gasteiger partial charge in [-0.25, -0.2) is 22.0 Å². The van der Waals surface area contributed by atoms with Crippen LogP contribution in [0.2, 0.25) is 0 Å². The highest BCUT2D eigenvalue weighted by molar-refractivity contribution is 5.69.